The Morgan fingerprint density at radius 2 is 1.19 bits per heavy atom. The van der Waals surface area contributed by atoms with Crippen LogP contribution in [-0.4, -0.2) is 202 Å². The molecule has 4 atom stereocenters. The molecule has 2 rings (SSSR count). The van der Waals surface area contributed by atoms with Gasteiger partial charge < -0.3 is 63.3 Å². The molecule has 77 heavy (non-hydrogen) atoms. The number of Topliss-reactive ketones (excluding diaryl/α,β-unsaturated/α-hetero) is 2. The number of carboxylic acids is 2. The Kier molecular flexibility index (Phi) is 62.2. The number of amides is 5. The molecule has 2 heterocycles. The standard InChI is InChI=1S/C12H21N3O4S.C10H18FNO3S.C8H17N3O2S.C6H14N2O2S.C3H4BrFO.C3H5FO.2ClH.3FH/c1-11(2,3)19-10(18)13-5-6-20-7-12(4)8(16)14-9(17)15-12;1-10(2,3)15-9(14)12-4-5-16-7-8(13)6-11;1-6(9)11-3-4-14-5-8(2,10)7(12)13;1-6(8,5(9)10)4-11-3-2-7;4-1-3(6)2-5;4-1-3-2-5-3;;;;;/h5-7H2,1-4H3,(H,13,18)(H2,14,15,16,17);4-7H2,1-3H3,(H,12,14);3-5,10H2,1-2H3,(H2,9,11)(H,12,13);2-4,7-8H2,1H3,(H,9,10);1-2H2;3H,1-2H2;5*1H/t12-;;8-;6-;;;;;;;/m0.00......./s1. The highest BCUT2D eigenvalue weighted by Crippen LogP contribution is 2.17. The SMILES string of the molecule is CC(C)(C)OC(=O)NCCSCC(=O)CF.CC(C)(C)OC(=O)NCCSC[C@]1(C)NC(=O)NC1=O.CC(N)=NCCSC[C@](C)(N)C(=O)O.C[C@](N)(CSCCN)C(=O)O.Cl.Cl.F.F.F.FCC1CO1.O=C(CF)CBr. The van der Waals surface area contributed by atoms with E-state index in [0.29, 0.717) is 67.4 Å². The van der Waals surface area contributed by atoms with Crippen LogP contribution in [0.15, 0.2) is 4.99 Å². The molecule has 14 N–H and O–H groups in total. The number of epoxide rings is 1. The first kappa shape index (κ1) is 93.4. The minimum Gasteiger partial charge on any atom is -0.480 e. The van der Waals surface area contributed by atoms with Crippen LogP contribution in [-0.2, 0) is 38.2 Å². The van der Waals surface area contributed by atoms with Gasteiger partial charge in [-0.2, -0.15) is 47.0 Å². The summed E-state index contributed by atoms with van der Waals surface area (Å²) in [5.41, 5.74) is 17.3. The number of aliphatic imine (C=N–C) groups is 1. The molecule has 0 aromatic rings. The van der Waals surface area contributed by atoms with Gasteiger partial charge in [-0.1, -0.05) is 15.9 Å². The van der Waals surface area contributed by atoms with E-state index in [4.69, 9.17) is 42.6 Å². The maximum Gasteiger partial charge on any atom is 0.407 e. The van der Waals surface area contributed by atoms with E-state index >= 15 is 0 Å². The van der Waals surface area contributed by atoms with Gasteiger partial charge in [-0.05, 0) is 69.2 Å². The Morgan fingerprint density at radius 3 is 1.48 bits per heavy atom. The number of hydrogen-bond acceptors (Lipinski definition) is 19. The number of rotatable bonds is 25. The van der Waals surface area contributed by atoms with Crippen molar-refractivity contribution in [2.45, 2.75) is 103 Å². The van der Waals surface area contributed by atoms with Gasteiger partial charge in [0.2, 0.25) is 0 Å². The fraction of sp³-hybridized carbons (Fsp3) is 0.786. The first-order chi connectivity index (χ1) is 33.1. The smallest absolute Gasteiger partial charge is 0.407 e. The number of urea groups is 1. The third-order valence-corrected chi connectivity index (χ3v) is 12.8. The van der Waals surface area contributed by atoms with E-state index in [1.54, 1.807) is 55.4 Å². The van der Waals surface area contributed by atoms with E-state index in [9.17, 15) is 51.5 Å². The first-order valence-corrected chi connectivity index (χ1v) is 27.6. The van der Waals surface area contributed by atoms with Crippen molar-refractivity contribution >= 4 is 141 Å². The van der Waals surface area contributed by atoms with Crippen molar-refractivity contribution in [3.05, 3.63) is 0 Å². The van der Waals surface area contributed by atoms with Gasteiger partial charge in [0.25, 0.3) is 5.91 Å². The number of halogens is 9. The molecule has 0 aromatic heterocycles. The molecule has 2 aliphatic rings. The van der Waals surface area contributed by atoms with Crippen LogP contribution in [0.1, 0.15) is 69.2 Å². The number of carbonyl (C=O) groups excluding carboxylic acids is 6. The Labute approximate surface area is 485 Å². The topological polar surface area (TPSA) is 373 Å². The number of aliphatic carboxylic acids is 2. The van der Waals surface area contributed by atoms with Gasteiger partial charge in [0.1, 0.15) is 53.9 Å². The molecule has 2 aliphatic heterocycles. The van der Waals surface area contributed by atoms with Crippen molar-refractivity contribution in [3.8, 4) is 0 Å². The van der Waals surface area contributed by atoms with E-state index < -0.39 is 82.9 Å². The van der Waals surface area contributed by atoms with Crippen molar-refractivity contribution in [1.82, 2.24) is 21.3 Å². The number of ketones is 2. The van der Waals surface area contributed by atoms with E-state index in [0.717, 1.165) is 11.5 Å². The van der Waals surface area contributed by atoms with E-state index in [2.05, 4.69) is 46.9 Å². The zero-order valence-corrected chi connectivity index (χ0v) is 51.4. The molecule has 1 unspecified atom stereocenters. The highest BCUT2D eigenvalue weighted by molar-refractivity contribution is 9.09. The number of alkyl halides is 4. The molecule has 2 fully saturated rings. The molecule has 0 bridgehead atoms. The number of carboxylic acid groups (broad SMARTS) is 2. The van der Waals surface area contributed by atoms with Gasteiger partial charge >= 0.3 is 30.2 Å². The molecule has 0 aliphatic carbocycles. The van der Waals surface area contributed by atoms with Crippen LogP contribution in [0.4, 0.5) is 41.7 Å². The highest BCUT2D eigenvalue weighted by Gasteiger charge is 2.41. The number of ether oxygens (including phenoxy) is 3. The largest absolute Gasteiger partial charge is 0.480 e. The summed E-state index contributed by atoms with van der Waals surface area (Å²) in [6.45, 7) is 17.7. The number of imide groups is 1. The van der Waals surface area contributed by atoms with Crippen LogP contribution in [0.3, 0.4) is 0 Å². The number of nitrogens with zero attached hydrogens (tertiary/aromatic N) is 1. The summed E-state index contributed by atoms with van der Waals surface area (Å²) in [7, 11) is 0. The average Bonchev–Trinajstić information content (AvgIpc) is 4.06. The van der Waals surface area contributed by atoms with Gasteiger partial charge in [0.15, 0.2) is 11.6 Å². The van der Waals surface area contributed by atoms with E-state index in [1.807, 2.05) is 0 Å². The van der Waals surface area contributed by atoms with Crippen LogP contribution in [0, 0.1) is 0 Å². The van der Waals surface area contributed by atoms with Gasteiger partial charge in [-0.3, -0.25) is 48.4 Å². The molecule has 0 radical (unpaired) electrons. The number of thioether (sulfide) groups is 4. The predicted molar refractivity (Wildman–Crippen MR) is 308 cm³/mol. The molecule has 0 saturated carbocycles. The summed E-state index contributed by atoms with van der Waals surface area (Å²) < 4.78 is 48.4. The Bertz CT molecular complexity index is 1680. The molecule has 5 amide bonds. The lowest BCUT2D eigenvalue weighted by atomic mass is 10.1. The maximum atomic E-state index is 11.8. The molecule has 462 valence electrons. The Morgan fingerprint density at radius 1 is 0.779 bits per heavy atom. The zero-order chi connectivity index (χ0) is 56.8. The van der Waals surface area contributed by atoms with Crippen LogP contribution in [0.5, 0.6) is 0 Å². The van der Waals surface area contributed by atoms with Crippen molar-refractivity contribution in [1.29, 1.82) is 0 Å². The van der Waals surface area contributed by atoms with E-state index in [1.165, 1.54) is 60.9 Å². The summed E-state index contributed by atoms with van der Waals surface area (Å²) in [4.78, 5) is 90.5. The number of nitrogens with one attached hydrogen (secondary N) is 4. The molecular formula is C42H84BrCl2F6N9O13S4. The average molecular weight is 1320 g/mol. The minimum atomic E-state index is -1.16. The summed E-state index contributed by atoms with van der Waals surface area (Å²) >= 11 is 8.46. The summed E-state index contributed by atoms with van der Waals surface area (Å²) in [5, 5.41) is 27.3. The Hall–Kier alpha value is -2.89. The normalized spacial score (nSPS) is 16.2. The number of hydrogen-bond donors (Lipinski definition) is 10. The van der Waals surface area contributed by atoms with Crippen molar-refractivity contribution in [2.24, 2.45) is 27.9 Å². The lowest BCUT2D eigenvalue weighted by Gasteiger charge is -2.21. The first-order valence-electron chi connectivity index (χ1n) is 21.9. The molecule has 0 spiro atoms. The van der Waals surface area contributed by atoms with Crippen LogP contribution < -0.4 is 44.2 Å². The molecule has 22 nitrogen and oxygen atoms in total. The van der Waals surface area contributed by atoms with Crippen LogP contribution >= 0.6 is 87.8 Å². The molecule has 0 aromatic carbocycles. The summed E-state index contributed by atoms with van der Waals surface area (Å²) in [6.07, 6.45) is -0.976. The van der Waals surface area contributed by atoms with Crippen molar-refractivity contribution in [3.63, 3.8) is 0 Å². The van der Waals surface area contributed by atoms with Gasteiger partial charge in [0, 0.05) is 66.4 Å². The zero-order valence-electron chi connectivity index (χ0n) is 44.9. The third kappa shape index (κ3) is 62.2. The van der Waals surface area contributed by atoms with Gasteiger partial charge in [-0.25, -0.2) is 27.6 Å². The fourth-order valence-corrected chi connectivity index (χ4v) is 7.13. The summed E-state index contributed by atoms with van der Waals surface area (Å²) in [6, 6.07) is -0.468. The third-order valence-electron chi connectivity index (χ3n) is 7.26. The van der Waals surface area contributed by atoms with Crippen molar-refractivity contribution in [2.75, 3.05) is 104 Å². The molecule has 2 saturated heterocycles. The van der Waals surface area contributed by atoms with Crippen LogP contribution in [0.2, 0.25) is 0 Å². The van der Waals surface area contributed by atoms with Crippen molar-refractivity contribution < 1.29 is 90.1 Å². The number of alkyl carbamates (subject to hydrolysis) is 2. The lowest BCUT2D eigenvalue weighted by molar-refractivity contribution is -0.142. The highest BCUT2D eigenvalue weighted by atomic mass is 79.9. The van der Waals surface area contributed by atoms with E-state index in [-0.39, 0.29) is 68.7 Å². The van der Waals surface area contributed by atoms with Gasteiger partial charge in [0.05, 0.1) is 23.5 Å². The molecule has 35 heteroatoms. The minimum absolute atomic E-state index is 0. The number of carbonyl (C=O) groups is 8. The second-order valence-electron chi connectivity index (χ2n) is 17.7. The second kappa shape index (κ2) is 51.3. The second-order valence-corrected chi connectivity index (χ2v) is 22.6. The quantitative estimate of drug-likeness (QED) is 0.0114. The monoisotopic (exact) mass is 1310 g/mol. The maximum absolute atomic E-state index is 11.8. The van der Waals surface area contributed by atoms with Gasteiger partial charge in [-0.15, -0.1) is 24.8 Å². The van der Waals surface area contributed by atoms with Crippen LogP contribution in [0.25, 0.3) is 0 Å². The Balaban J connectivity index is -0.000000106. The summed E-state index contributed by atoms with van der Waals surface area (Å²) in [5.74, 6) is 1.46. The predicted octanol–water partition coefficient (Wildman–Crippen LogP) is 4.58. The number of nitrogens with two attached hydrogens (primary N) is 4. The molecular weight excluding hydrogens is 1230 g/mol. The number of amidine groups is 1. The fourth-order valence-electron chi connectivity index (χ4n) is 3.52. The lowest BCUT2D eigenvalue weighted by Crippen LogP contribution is -2.47.